The Kier molecular flexibility index (Phi) is 4.87. The predicted octanol–water partition coefficient (Wildman–Crippen LogP) is 1.46. The van der Waals surface area contributed by atoms with Crippen LogP contribution in [0.4, 0.5) is 4.39 Å². The van der Waals surface area contributed by atoms with Crippen molar-refractivity contribution in [2.45, 2.75) is 18.4 Å². The summed E-state index contributed by atoms with van der Waals surface area (Å²) >= 11 is 0. The number of rotatable bonds is 7. The van der Waals surface area contributed by atoms with Gasteiger partial charge in [0.2, 0.25) is 5.91 Å². The molecule has 1 N–H and O–H groups in total. The molecule has 1 aromatic rings. The summed E-state index contributed by atoms with van der Waals surface area (Å²) < 4.78 is 23.5. The average molecular weight is 267 g/mol. The number of carbonyl (C=O) groups is 1. The normalized spacial score (nSPS) is 21.2. The van der Waals surface area contributed by atoms with Gasteiger partial charge >= 0.3 is 0 Å². The van der Waals surface area contributed by atoms with Gasteiger partial charge in [0.25, 0.3) is 0 Å². The van der Waals surface area contributed by atoms with Gasteiger partial charge in [-0.1, -0.05) is 18.2 Å². The molecule has 0 unspecified atom stereocenters. The zero-order chi connectivity index (χ0) is 13.7. The number of methoxy groups -OCH3 is 1. The number of hydrogen-bond acceptors (Lipinski definition) is 3. The molecule has 0 aromatic heterocycles. The van der Waals surface area contributed by atoms with E-state index in [1.807, 2.05) is 6.07 Å². The maximum absolute atomic E-state index is 13.5. The molecule has 2 atom stereocenters. The van der Waals surface area contributed by atoms with Crippen molar-refractivity contribution in [3.05, 3.63) is 35.6 Å². The van der Waals surface area contributed by atoms with Crippen molar-refractivity contribution >= 4 is 5.91 Å². The molecule has 2 rings (SSSR count). The third-order valence-electron chi connectivity index (χ3n) is 3.11. The summed E-state index contributed by atoms with van der Waals surface area (Å²) in [5.74, 6) is -0.287. The monoisotopic (exact) mass is 267 g/mol. The highest BCUT2D eigenvalue weighted by Crippen LogP contribution is 2.41. The number of hydrogen-bond donors (Lipinski definition) is 1. The Hall–Kier alpha value is -1.46. The summed E-state index contributed by atoms with van der Waals surface area (Å²) in [6.45, 7) is 0.879. The minimum atomic E-state index is -0.208. The summed E-state index contributed by atoms with van der Waals surface area (Å²) in [5.41, 5.74) is 0.674. The number of halogens is 1. The van der Waals surface area contributed by atoms with Crippen LogP contribution in [0.2, 0.25) is 0 Å². The molecule has 1 aliphatic rings. The molecule has 0 bridgehead atoms. The molecule has 1 saturated carbocycles. The smallest absolute Gasteiger partial charge is 0.246 e. The highest BCUT2D eigenvalue weighted by molar-refractivity contribution is 5.78. The van der Waals surface area contributed by atoms with Crippen LogP contribution in [-0.2, 0) is 14.3 Å². The van der Waals surface area contributed by atoms with E-state index in [1.165, 1.54) is 6.07 Å². The van der Waals surface area contributed by atoms with Crippen molar-refractivity contribution < 1.29 is 18.7 Å². The lowest BCUT2D eigenvalue weighted by Crippen LogP contribution is -2.30. The van der Waals surface area contributed by atoms with Gasteiger partial charge < -0.3 is 14.8 Å². The SMILES string of the molecule is COCCOCC(=O)N[C@H]1C[C@H]1c1ccccc1F. The summed E-state index contributed by atoms with van der Waals surface area (Å²) in [4.78, 5) is 11.5. The van der Waals surface area contributed by atoms with Crippen LogP contribution in [-0.4, -0.2) is 38.9 Å². The van der Waals surface area contributed by atoms with Gasteiger partial charge in [0.05, 0.1) is 13.2 Å². The Labute approximate surface area is 111 Å². The van der Waals surface area contributed by atoms with Gasteiger partial charge in [0.1, 0.15) is 12.4 Å². The lowest BCUT2D eigenvalue weighted by Gasteiger charge is -2.06. The molecule has 4 nitrogen and oxygen atoms in total. The lowest BCUT2D eigenvalue weighted by atomic mass is 10.1. The molecule has 0 heterocycles. The third kappa shape index (κ3) is 4.01. The first kappa shape index (κ1) is 14.0. The van der Waals surface area contributed by atoms with Crippen LogP contribution in [0.15, 0.2) is 24.3 Å². The van der Waals surface area contributed by atoms with Crippen molar-refractivity contribution in [1.29, 1.82) is 0 Å². The van der Waals surface area contributed by atoms with Gasteiger partial charge in [-0.2, -0.15) is 0 Å². The van der Waals surface area contributed by atoms with Crippen LogP contribution in [0.3, 0.4) is 0 Å². The fourth-order valence-corrected chi connectivity index (χ4v) is 2.03. The zero-order valence-electron chi connectivity index (χ0n) is 10.9. The average Bonchev–Trinajstić information content (AvgIpc) is 3.14. The maximum Gasteiger partial charge on any atom is 0.246 e. The van der Waals surface area contributed by atoms with Crippen LogP contribution in [0.25, 0.3) is 0 Å². The van der Waals surface area contributed by atoms with Crippen LogP contribution < -0.4 is 5.32 Å². The van der Waals surface area contributed by atoms with E-state index in [0.717, 1.165) is 6.42 Å². The molecule has 1 fully saturated rings. The molecule has 0 radical (unpaired) electrons. The van der Waals surface area contributed by atoms with E-state index in [2.05, 4.69) is 5.32 Å². The summed E-state index contributed by atoms with van der Waals surface area (Å²) in [5, 5.41) is 2.84. The topological polar surface area (TPSA) is 47.6 Å². The van der Waals surface area contributed by atoms with E-state index in [-0.39, 0.29) is 30.3 Å². The van der Waals surface area contributed by atoms with Crippen molar-refractivity contribution in [2.24, 2.45) is 0 Å². The highest BCUT2D eigenvalue weighted by atomic mass is 19.1. The van der Waals surface area contributed by atoms with Crippen LogP contribution in [0.5, 0.6) is 0 Å². The van der Waals surface area contributed by atoms with Gasteiger partial charge in [-0.15, -0.1) is 0 Å². The van der Waals surface area contributed by atoms with Crippen molar-refractivity contribution in [3.63, 3.8) is 0 Å². The lowest BCUT2D eigenvalue weighted by molar-refractivity contribution is -0.126. The van der Waals surface area contributed by atoms with Crippen molar-refractivity contribution in [1.82, 2.24) is 5.32 Å². The quantitative estimate of drug-likeness (QED) is 0.761. The van der Waals surface area contributed by atoms with E-state index in [9.17, 15) is 9.18 Å². The predicted molar refractivity (Wildman–Crippen MR) is 68.4 cm³/mol. The minimum Gasteiger partial charge on any atom is -0.382 e. The van der Waals surface area contributed by atoms with Gasteiger partial charge in [0, 0.05) is 19.1 Å². The number of carbonyl (C=O) groups excluding carboxylic acids is 1. The van der Waals surface area contributed by atoms with Crippen molar-refractivity contribution in [3.8, 4) is 0 Å². The first-order chi connectivity index (χ1) is 9.22. The molecule has 19 heavy (non-hydrogen) atoms. The number of ether oxygens (including phenoxy) is 2. The van der Waals surface area contributed by atoms with Crippen LogP contribution in [0, 0.1) is 5.82 Å². The van der Waals surface area contributed by atoms with E-state index >= 15 is 0 Å². The Morgan fingerprint density at radius 2 is 2.21 bits per heavy atom. The maximum atomic E-state index is 13.5. The fraction of sp³-hybridized carbons (Fsp3) is 0.500. The molecule has 1 aliphatic carbocycles. The Bertz CT molecular complexity index is 438. The van der Waals surface area contributed by atoms with Gasteiger partial charge in [0.15, 0.2) is 0 Å². The van der Waals surface area contributed by atoms with E-state index in [0.29, 0.717) is 18.8 Å². The largest absolute Gasteiger partial charge is 0.382 e. The molecule has 0 spiro atoms. The highest BCUT2D eigenvalue weighted by Gasteiger charge is 2.40. The van der Waals surface area contributed by atoms with Crippen LogP contribution in [0.1, 0.15) is 17.9 Å². The third-order valence-corrected chi connectivity index (χ3v) is 3.11. The molecular weight excluding hydrogens is 249 g/mol. The summed E-state index contributed by atoms with van der Waals surface area (Å²) in [7, 11) is 1.58. The van der Waals surface area contributed by atoms with Crippen LogP contribution >= 0.6 is 0 Å². The Morgan fingerprint density at radius 3 is 2.95 bits per heavy atom. The molecular formula is C14H18FNO3. The van der Waals surface area contributed by atoms with Gasteiger partial charge in [-0.25, -0.2) is 4.39 Å². The Morgan fingerprint density at radius 1 is 1.42 bits per heavy atom. The number of amides is 1. The van der Waals surface area contributed by atoms with Crippen molar-refractivity contribution in [2.75, 3.05) is 26.9 Å². The first-order valence-electron chi connectivity index (χ1n) is 6.33. The second-order valence-electron chi connectivity index (χ2n) is 4.58. The molecule has 5 heteroatoms. The van der Waals surface area contributed by atoms with E-state index in [4.69, 9.17) is 9.47 Å². The standard InChI is InChI=1S/C14H18FNO3/c1-18-6-7-19-9-14(17)16-13-8-11(13)10-4-2-3-5-12(10)15/h2-5,11,13H,6-9H2,1H3,(H,16,17)/t11-,13-/m0/s1. The number of nitrogens with one attached hydrogen (secondary N) is 1. The number of benzene rings is 1. The van der Waals surface area contributed by atoms with Gasteiger partial charge in [-0.05, 0) is 18.1 Å². The summed E-state index contributed by atoms with van der Waals surface area (Å²) in [6.07, 6.45) is 0.782. The fourth-order valence-electron chi connectivity index (χ4n) is 2.03. The first-order valence-corrected chi connectivity index (χ1v) is 6.33. The molecule has 1 amide bonds. The van der Waals surface area contributed by atoms with E-state index < -0.39 is 0 Å². The minimum absolute atomic E-state index is 0.0177. The zero-order valence-corrected chi connectivity index (χ0v) is 10.9. The molecule has 1 aromatic carbocycles. The molecule has 0 saturated heterocycles. The van der Waals surface area contributed by atoms with E-state index in [1.54, 1.807) is 19.2 Å². The summed E-state index contributed by atoms with van der Waals surface area (Å²) in [6, 6.07) is 6.71. The second-order valence-corrected chi connectivity index (χ2v) is 4.58. The molecule has 104 valence electrons. The second kappa shape index (κ2) is 6.63. The Balaban J connectivity index is 1.72. The molecule has 0 aliphatic heterocycles. The van der Waals surface area contributed by atoms with Gasteiger partial charge in [-0.3, -0.25) is 4.79 Å².